The van der Waals surface area contributed by atoms with Gasteiger partial charge in [0.15, 0.2) is 0 Å². The number of nitrogens with zero attached hydrogens (tertiary/aromatic N) is 1. The maximum atomic E-state index is 11.1. The quantitative estimate of drug-likeness (QED) is 0.714. The lowest BCUT2D eigenvalue weighted by Crippen LogP contribution is -2.23. The van der Waals surface area contributed by atoms with Gasteiger partial charge in [0.05, 0.1) is 6.61 Å². The van der Waals surface area contributed by atoms with Gasteiger partial charge in [0.25, 0.3) is 0 Å². The van der Waals surface area contributed by atoms with E-state index in [0.717, 1.165) is 5.56 Å². The maximum Gasteiger partial charge on any atom is 0.243 e. The Balaban J connectivity index is 2.24. The van der Waals surface area contributed by atoms with Crippen LogP contribution in [0.5, 0.6) is 0 Å². The van der Waals surface area contributed by atoms with Crippen LogP contribution in [0.25, 0.3) is 0 Å². The van der Waals surface area contributed by atoms with E-state index in [1.165, 1.54) is 0 Å². The Hall–Kier alpha value is -1.42. The lowest BCUT2D eigenvalue weighted by molar-refractivity contribution is -0.133. The molecule has 0 aliphatic carbocycles. The summed E-state index contributed by atoms with van der Waals surface area (Å²) >= 11 is 0. The van der Waals surface area contributed by atoms with Gasteiger partial charge in [-0.1, -0.05) is 6.07 Å². The first-order chi connectivity index (χ1) is 6.83. The highest BCUT2D eigenvalue weighted by Gasteiger charge is 2.00. The first-order valence-corrected chi connectivity index (χ1v) is 4.62. The number of hydroxylamine groups is 1. The number of nitrogens with one attached hydrogen (secondary N) is 1. The Labute approximate surface area is 83.3 Å². The van der Waals surface area contributed by atoms with Crippen molar-refractivity contribution in [1.29, 1.82) is 0 Å². The molecule has 0 saturated carbocycles. The third-order valence-corrected chi connectivity index (χ3v) is 1.69. The largest absolute Gasteiger partial charge is 0.274 e. The van der Waals surface area contributed by atoms with Crippen LogP contribution >= 0.6 is 0 Å². The highest BCUT2D eigenvalue weighted by Crippen LogP contribution is 1.99. The summed E-state index contributed by atoms with van der Waals surface area (Å²) in [7, 11) is 0. The predicted octanol–water partition coefficient (Wildman–Crippen LogP) is 1.08. The zero-order chi connectivity index (χ0) is 10.2. The zero-order valence-corrected chi connectivity index (χ0v) is 8.19. The number of aromatic nitrogens is 1. The van der Waals surface area contributed by atoms with Crippen LogP contribution in [0.4, 0.5) is 0 Å². The van der Waals surface area contributed by atoms with E-state index in [1.54, 1.807) is 12.4 Å². The van der Waals surface area contributed by atoms with Gasteiger partial charge >= 0.3 is 0 Å². The summed E-state index contributed by atoms with van der Waals surface area (Å²) in [4.78, 5) is 19.8. The third kappa shape index (κ3) is 4.00. The van der Waals surface area contributed by atoms with Gasteiger partial charge in [0.1, 0.15) is 0 Å². The average Bonchev–Trinajstić information content (AvgIpc) is 2.25. The van der Waals surface area contributed by atoms with Crippen molar-refractivity contribution in [2.24, 2.45) is 0 Å². The molecule has 0 bridgehead atoms. The van der Waals surface area contributed by atoms with Gasteiger partial charge in [-0.25, -0.2) is 5.48 Å². The Kier molecular flexibility index (Phi) is 4.64. The number of rotatable bonds is 5. The molecular formula is C10H14N2O2. The highest BCUT2D eigenvalue weighted by atomic mass is 16.6. The maximum absolute atomic E-state index is 11.1. The predicted molar refractivity (Wildman–Crippen MR) is 52.3 cm³/mol. The normalized spacial score (nSPS) is 9.79. The summed E-state index contributed by atoms with van der Waals surface area (Å²) in [5, 5.41) is 0. The summed E-state index contributed by atoms with van der Waals surface area (Å²) in [6.07, 6.45) is 4.58. The molecule has 14 heavy (non-hydrogen) atoms. The van der Waals surface area contributed by atoms with Crippen LogP contribution in [0, 0.1) is 0 Å². The van der Waals surface area contributed by atoms with E-state index in [-0.39, 0.29) is 5.91 Å². The van der Waals surface area contributed by atoms with Gasteiger partial charge in [-0.2, -0.15) is 0 Å². The second-order valence-corrected chi connectivity index (χ2v) is 2.82. The molecule has 1 amide bonds. The molecule has 1 rings (SSSR count). The van der Waals surface area contributed by atoms with Crippen LogP contribution in [0.1, 0.15) is 18.9 Å². The third-order valence-electron chi connectivity index (χ3n) is 1.69. The minimum absolute atomic E-state index is 0.101. The van der Waals surface area contributed by atoms with Crippen molar-refractivity contribution in [2.75, 3.05) is 6.61 Å². The van der Waals surface area contributed by atoms with Crippen molar-refractivity contribution in [2.45, 2.75) is 19.8 Å². The van der Waals surface area contributed by atoms with E-state index in [4.69, 9.17) is 4.84 Å². The Bertz CT molecular complexity index is 275. The van der Waals surface area contributed by atoms with Crippen LogP contribution in [-0.2, 0) is 16.1 Å². The van der Waals surface area contributed by atoms with Crippen molar-refractivity contribution >= 4 is 5.91 Å². The fourth-order valence-electron chi connectivity index (χ4n) is 1.01. The molecule has 4 heteroatoms. The van der Waals surface area contributed by atoms with Crippen molar-refractivity contribution in [1.82, 2.24) is 10.5 Å². The minimum atomic E-state index is -0.101. The van der Waals surface area contributed by atoms with E-state index in [9.17, 15) is 4.79 Å². The van der Waals surface area contributed by atoms with Gasteiger partial charge in [0, 0.05) is 18.8 Å². The molecular weight excluding hydrogens is 180 g/mol. The first kappa shape index (κ1) is 10.7. The molecule has 1 aromatic heterocycles. The molecule has 1 aromatic rings. The summed E-state index contributed by atoms with van der Waals surface area (Å²) in [5.74, 6) is -0.101. The molecule has 76 valence electrons. The number of amides is 1. The standard InChI is InChI=1S/C10H14N2O2/c1-2-14-12-10(13)6-5-9-4-3-7-11-8-9/h3-4,7-8H,2,5-6H2,1H3,(H,12,13). The van der Waals surface area contributed by atoms with Gasteiger partial charge < -0.3 is 0 Å². The van der Waals surface area contributed by atoms with Crippen LogP contribution < -0.4 is 5.48 Å². The molecule has 1 heterocycles. The molecule has 1 N–H and O–H groups in total. The van der Waals surface area contributed by atoms with Crippen LogP contribution in [0.2, 0.25) is 0 Å². The van der Waals surface area contributed by atoms with Crippen LogP contribution in [0.15, 0.2) is 24.5 Å². The molecule has 0 radical (unpaired) electrons. The van der Waals surface area contributed by atoms with Crippen LogP contribution in [0.3, 0.4) is 0 Å². The van der Waals surface area contributed by atoms with Crippen molar-refractivity contribution in [3.8, 4) is 0 Å². The second kappa shape index (κ2) is 6.10. The van der Waals surface area contributed by atoms with Crippen LogP contribution in [-0.4, -0.2) is 17.5 Å². The van der Waals surface area contributed by atoms with Gasteiger partial charge in [-0.05, 0) is 25.0 Å². The molecule has 4 nitrogen and oxygen atoms in total. The van der Waals surface area contributed by atoms with E-state index in [0.29, 0.717) is 19.4 Å². The van der Waals surface area contributed by atoms with E-state index >= 15 is 0 Å². The highest BCUT2D eigenvalue weighted by molar-refractivity contribution is 5.74. The first-order valence-electron chi connectivity index (χ1n) is 4.62. The molecule has 0 aliphatic heterocycles. The molecule has 0 spiro atoms. The Morgan fingerprint density at radius 2 is 2.50 bits per heavy atom. The lowest BCUT2D eigenvalue weighted by atomic mass is 10.1. The second-order valence-electron chi connectivity index (χ2n) is 2.82. The molecule has 0 aromatic carbocycles. The number of hydrogen-bond acceptors (Lipinski definition) is 3. The monoisotopic (exact) mass is 194 g/mol. The molecule has 0 atom stereocenters. The lowest BCUT2D eigenvalue weighted by Gasteiger charge is -2.03. The molecule has 0 unspecified atom stereocenters. The van der Waals surface area contributed by atoms with E-state index in [1.807, 2.05) is 19.1 Å². The zero-order valence-electron chi connectivity index (χ0n) is 8.19. The van der Waals surface area contributed by atoms with Crippen molar-refractivity contribution < 1.29 is 9.63 Å². The van der Waals surface area contributed by atoms with E-state index in [2.05, 4.69) is 10.5 Å². The number of carbonyl (C=O) groups is 1. The number of pyridine rings is 1. The fourth-order valence-corrected chi connectivity index (χ4v) is 1.01. The van der Waals surface area contributed by atoms with Gasteiger partial charge in [-0.3, -0.25) is 14.6 Å². The van der Waals surface area contributed by atoms with Gasteiger partial charge in [0.2, 0.25) is 5.91 Å². The SMILES string of the molecule is CCONC(=O)CCc1cccnc1. The fraction of sp³-hybridized carbons (Fsp3) is 0.400. The number of hydrogen-bond donors (Lipinski definition) is 1. The Morgan fingerprint density at radius 1 is 1.64 bits per heavy atom. The minimum Gasteiger partial charge on any atom is -0.274 e. The number of carbonyl (C=O) groups excluding carboxylic acids is 1. The summed E-state index contributed by atoms with van der Waals surface area (Å²) < 4.78 is 0. The molecule has 0 saturated heterocycles. The van der Waals surface area contributed by atoms with Crippen molar-refractivity contribution in [3.05, 3.63) is 30.1 Å². The summed E-state index contributed by atoms with van der Waals surface area (Å²) in [6.45, 7) is 2.31. The Morgan fingerprint density at radius 3 is 3.14 bits per heavy atom. The molecule has 0 aliphatic rings. The smallest absolute Gasteiger partial charge is 0.243 e. The topological polar surface area (TPSA) is 51.2 Å². The number of aryl methyl sites for hydroxylation is 1. The van der Waals surface area contributed by atoms with Gasteiger partial charge in [-0.15, -0.1) is 0 Å². The van der Waals surface area contributed by atoms with Crippen molar-refractivity contribution in [3.63, 3.8) is 0 Å². The summed E-state index contributed by atoms with van der Waals surface area (Å²) in [6, 6.07) is 3.80. The van der Waals surface area contributed by atoms with E-state index < -0.39 is 0 Å². The average molecular weight is 194 g/mol. The molecule has 0 fully saturated rings. The summed E-state index contributed by atoms with van der Waals surface area (Å²) in [5.41, 5.74) is 3.40.